The molecule has 0 spiro atoms. The Kier molecular flexibility index (Phi) is 8.16. The maximum Gasteiger partial charge on any atom is 0.253 e. The number of rotatable bonds is 7. The zero-order valence-corrected chi connectivity index (χ0v) is 23.3. The highest BCUT2D eigenvalue weighted by Crippen LogP contribution is 2.21. The molecule has 4 aromatic rings. The number of aromatic nitrogens is 2. The summed E-state index contributed by atoms with van der Waals surface area (Å²) in [6, 6.07) is 21.8. The minimum absolute atomic E-state index is 0.0197. The lowest BCUT2D eigenvalue weighted by Crippen LogP contribution is -2.48. The third kappa shape index (κ3) is 6.02. The van der Waals surface area contributed by atoms with Crippen molar-refractivity contribution in [3.63, 3.8) is 0 Å². The van der Waals surface area contributed by atoms with E-state index in [-0.39, 0.29) is 29.8 Å². The van der Waals surface area contributed by atoms with E-state index in [2.05, 4.69) is 27.4 Å². The van der Waals surface area contributed by atoms with Crippen LogP contribution < -0.4 is 10.2 Å². The van der Waals surface area contributed by atoms with Crippen LogP contribution in [0.15, 0.2) is 72.8 Å². The topological polar surface area (TPSA) is 70.5 Å². The molecule has 3 aromatic carbocycles. The average Bonchev–Trinajstić information content (AvgIpc) is 3.25. The van der Waals surface area contributed by atoms with Gasteiger partial charge in [0, 0.05) is 60.3 Å². The molecule has 0 bridgehead atoms. The number of carbonyl (C=O) groups excluding carboxylic acids is 2. The highest BCUT2D eigenvalue weighted by molar-refractivity contribution is 6.31. The number of hydrogen-bond donors (Lipinski definition) is 1. The Balaban J connectivity index is 1.20. The largest absolute Gasteiger partial charge is 0.368 e. The molecule has 1 aliphatic rings. The summed E-state index contributed by atoms with van der Waals surface area (Å²) in [5.74, 6) is -0.580. The van der Waals surface area contributed by atoms with E-state index < -0.39 is 5.82 Å². The molecule has 1 fully saturated rings. The molecular weight excluding hydrogens is 529 g/mol. The summed E-state index contributed by atoms with van der Waals surface area (Å²) in [5.41, 5.74) is 5.71. The summed E-state index contributed by atoms with van der Waals surface area (Å²) in [6.45, 7) is 6.94. The molecule has 7 nitrogen and oxygen atoms in total. The smallest absolute Gasteiger partial charge is 0.253 e. The van der Waals surface area contributed by atoms with Crippen LogP contribution in [0.5, 0.6) is 0 Å². The first-order valence-electron chi connectivity index (χ1n) is 13.3. The highest BCUT2D eigenvalue weighted by Gasteiger charge is 2.23. The molecule has 0 aliphatic carbocycles. The molecular formula is C31H31ClFN5O2. The fraction of sp³-hybridized carbons (Fsp3) is 0.258. The van der Waals surface area contributed by atoms with Gasteiger partial charge in [0.25, 0.3) is 5.91 Å². The zero-order chi connectivity index (χ0) is 28.2. The molecule has 9 heteroatoms. The van der Waals surface area contributed by atoms with E-state index in [1.165, 1.54) is 17.8 Å². The number of nitrogens with zero attached hydrogens (tertiary/aromatic N) is 4. The third-order valence-electron chi connectivity index (χ3n) is 7.32. The van der Waals surface area contributed by atoms with Crippen molar-refractivity contribution >= 4 is 29.1 Å². The number of carbonyl (C=O) groups is 2. The van der Waals surface area contributed by atoms with E-state index in [4.69, 9.17) is 11.6 Å². The minimum Gasteiger partial charge on any atom is -0.368 e. The number of hydrogen-bond acceptors (Lipinski definition) is 4. The van der Waals surface area contributed by atoms with Gasteiger partial charge in [-0.1, -0.05) is 35.9 Å². The van der Waals surface area contributed by atoms with Gasteiger partial charge in [-0.3, -0.25) is 9.59 Å². The second kappa shape index (κ2) is 11.9. The second-order valence-corrected chi connectivity index (χ2v) is 10.3. The van der Waals surface area contributed by atoms with Crippen molar-refractivity contribution in [2.24, 2.45) is 0 Å². The lowest BCUT2D eigenvalue weighted by molar-refractivity contribution is -0.120. The predicted octanol–water partition coefficient (Wildman–Crippen LogP) is 5.10. The quantitative estimate of drug-likeness (QED) is 0.342. The Morgan fingerprint density at radius 1 is 0.925 bits per heavy atom. The Hall–Kier alpha value is -4.17. The van der Waals surface area contributed by atoms with Gasteiger partial charge in [0.05, 0.1) is 17.8 Å². The molecule has 1 N–H and O–H groups in total. The Labute approximate surface area is 238 Å². The normalized spacial score (nSPS) is 13.4. The first-order valence-corrected chi connectivity index (χ1v) is 13.6. The Morgan fingerprint density at radius 2 is 1.62 bits per heavy atom. The SMILES string of the molecule is Cc1nn(-c2ccc(C(=O)N3CCN(c4ccccc4)CC3)cc2)c(C)c1CC(=O)NCc1ccc(F)cc1Cl. The third-order valence-corrected chi connectivity index (χ3v) is 7.67. The van der Waals surface area contributed by atoms with Crippen LogP contribution in [0.25, 0.3) is 5.69 Å². The van der Waals surface area contributed by atoms with Gasteiger partial charge in [-0.2, -0.15) is 5.10 Å². The molecule has 5 rings (SSSR count). The van der Waals surface area contributed by atoms with Crippen molar-refractivity contribution in [3.05, 3.63) is 112 Å². The van der Waals surface area contributed by atoms with Crippen molar-refractivity contribution in [2.75, 3.05) is 31.1 Å². The van der Waals surface area contributed by atoms with E-state index >= 15 is 0 Å². The maximum absolute atomic E-state index is 13.3. The van der Waals surface area contributed by atoms with Crippen LogP contribution >= 0.6 is 11.6 Å². The molecule has 2 heterocycles. The number of anilines is 1. The van der Waals surface area contributed by atoms with Crippen LogP contribution in [0.4, 0.5) is 10.1 Å². The maximum atomic E-state index is 13.3. The van der Waals surface area contributed by atoms with Crippen LogP contribution in [0, 0.1) is 19.7 Å². The van der Waals surface area contributed by atoms with Crippen LogP contribution in [-0.4, -0.2) is 52.7 Å². The lowest BCUT2D eigenvalue weighted by atomic mass is 10.1. The standard InChI is InChI=1S/C31H31ClFN5O2/c1-21-28(19-30(39)34-20-24-8-11-25(33)18-29(24)32)22(2)38(35-21)27-12-9-23(10-13-27)31(40)37-16-14-36(15-17-37)26-6-4-3-5-7-26/h3-13,18H,14-17,19-20H2,1-2H3,(H,34,39). The van der Waals surface area contributed by atoms with Gasteiger partial charge in [-0.25, -0.2) is 9.07 Å². The van der Waals surface area contributed by atoms with Gasteiger partial charge in [0.15, 0.2) is 0 Å². The summed E-state index contributed by atoms with van der Waals surface area (Å²) in [7, 11) is 0. The van der Waals surface area contributed by atoms with Crippen LogP contribution in [0.1, 0.15) is 32.9 Å². The van der Waals surface area contributed by atoms with Crippen molar-refractivity contribution in [2.45, 2.75) is 26.8 Å². The van der Waals surface area contributed by atoms with Crippen LogP contribution in [0.3, 0.4) is 0 Å². The molecule has 40 heavy (non-hydrogen) atoms. The van der Waals surface area contributed by atoms with E-state index in [9.17, 15) is 14.0 Å². The molecule has 206 valence electrons. The van der Waals surface area contributed by atoms with Gasteiger partial charge >= 0.3 is 0 Å². The summed E-state index contributed by atoms with van der Waals surface area (Å²) >= 11 is 6.07. The van der Waals surface area contributed by atoms with E-state index in [0.717, 1.165) is 35.7 Å². The zero-order valence-electron chi connectivity index (χ0n) is 22.5. The molecule has 1 aliphatic heterocycles. The van der Waals surface area contributed by atoms with Crippen molar-refractivity contribution in [1.82, 2.24) is 20.0 Å². The second-order valence-electron chi connectivity index (χ2n) is 9.91. The van der Waals surface area contributed by atoms with Crippen LogP contribution in [-0.2, 0) is 17.8 Å². The van der Waals surface area contributed by atoms with E-state index in [0.29, 0.717) is 24.2 Å². The van der Waals surface area contributed by atoms with E-state index in [1.807, 2.05) is 61.2 Å². The molecule has 0 saturated carbocycles. The number of para-hydroxylation sites is 1. The number of benzene rings is 3. The Morgan fingerprint density at radius 3 is 2.30 bits per heavy atom. The monoisotopic (exact) mass is 559 g/mol. The van der Waals surface area contributed by atoms with Gasteiger partial charge in [-0.15, -0.1) is 0 Å². The first-order chi connectivity index (χ1) is 19.3. The number of piperazine rings is 1. The van der Waals surface area contributed by atoms with Gasteiger partial charge in [-0.05, 0) is 67.9 Å². The summed E-state index contributed by atoms with van der Waals surface area (Å²) in [4.78, 5) is 30.0. The lowest BCUT2D eigenvalue weighted by Gasteiger charge is -2.36. The summed E-state index contributed by atoms with van der Waals surface area (Å²) < 4.78 is 15.1. The summed E-state index contributed by atoms with van der Waals surface area (Å²) in [5, 5.41) is 7.77. The fourth-order valence-electron chi connectivity index (χ4n) is 5.00. The average molecular weight is 560 g/mol. The molecule has 2 amide bonds. The number of amides is 2. The molecule has 0 unspecified atom stereocenters. The number of aryl methyl sites for hydroxylation is 1. The summed E-state index contributed by atoms with van der Waals surface area (Å²) in [6.07, 6.45) is 0.155. The number of halogens is 2. The molecule has 0 radical (unpaired) electrons. The highest BCUT2D eigenvalue weighted by atomic mass is 35.5. The minimum atomic E-state index is -0.419. The van der Waals surface area contributed by atoms with Gasteiger partial charge in [0.2, 0.25) is 5.91 Å². The van der Waals surface area contributed by atoms with Gasteiger partial charge < -0.3 is 15.1 Å². The molecule has 0 atom stereocenters. The number of nitrogens with one attached hydrogen (secondary N) is 1. The molecule has 1 aromatic heterocycles. The van der Waals surface area contributed by atoms with Crippen molar-refractivity contribution < 1.29 is 14.0 Å². The Bertz CT molecular complexity index is 1510. The van der Waals surface area contributed by atoms with Crippen LogP contribution in [0.2, 0.25) is 5.02 Å². The fourth-order valence-corrected chi connectivity index (χ4v) is 5.23. The van der Waals surface area contributed by atoms with E-state index in [1.54, 1.807) is 10.7 Å². The predicted molar refractivity (Wildman–Crippen MR) is 155 cm³/mol. The van der Waals surface area contributed by atoms with Crippen molar-refractivity contribution in [3.8, 4) is 5.69 Å². The first kappa shape index (κ1) is 27.4. The van der Waals surface area contributed by atoms with Crippen molar-refractivity contribution in [1.29, 1.82) is 0 Å². The molecule has 1 saturated heterocycles. The van der Waals surface area contributed by atoms with Gasteiger partial charge in [0.1, 0.15) is 5.82 Å².